The quantitative estimate of drug-likeness (QED) is 0.840. The number of amides is 1. The molecule has 1 amide bonds. The molecule has 0 heterocycles. The molecule has 1 aromatic rings. The molecule has 1 unspecified atom stereocenters. The van der Waals surface area contributed by atoms with Gasteiger partial charge in [-0.2, -0.15) is 0 Å². The number of carbonyl (C=O) groups is 1. The van der Waals surface area contributed by atoms with Gasteiger partial charge in [0.2, 0.25) is 5.91 Å². The largest absolute Gasteiger partial charge is 0.354 e. The molecule has 2 rings (SSSR count). The lowest BCUT2D eigenvalue weighted by Crippen LogP contribution is -2.54. The van der Waals surface area contributed by atoms with Gasteiger partial charge in [0.15, 0.2) is 0 Å². The van der Waals surface area contributed by atoms with Crippen LogP contribution < -0.4 is 11.1 Å². The van der Waals surface area contributed by atoms with Crippen molar-refractivity contribution >= 4 is 18.3 Å². The van der Waals surface area contributed by atoms with Gasteiger partial charge in [0.1, 0.15) is 0 Å². The highest BCUT2D eigenvalue weighted by Gasteiger charge is 2.37. The van der Waals surface area contributed by atoms with Crippen LogP contribution in [0.2, 0.25) is 0 Å². The number of nitrogens with two attached hydrogens (primary N) is 1. The Morgan fingerprint density at radius 2 is 1.86 bits per heavy atom. The average Bonchev–Trinajstić information content (AvgIpc) is 2.96. The highest BCUT2D eigenvalue weighted by atomic mass is 35.5. The molecule has 4 heteroatoms. The fourth-order valence-corrected chi connectivity index (χ4v) is 3.50. The van der Waals surface area contributed by atoms with E-state index in [0.29, 0.717) is 6.54 Å². The average molecular weight is 325 g/mol. The monoisotopic (exact) mass is 324 g/mol. The van der Waals surface area contributed by atoms with Gasteiger partial charge in [-0.3, -0.25) is 4.79 Å². The zero-order chi connectivity index (χ0) is 15.3. The summed E-state index contributed by atoms with van der Waals surface area (Å²) in [5, 5.41) is 3.13. The van der Waals surface area contributed by atoms with Crippen molar-refractivity contribution in [1.29, 1.82) is 0 Å². The van der Waals surface area contributed by atoms with Crippen LogP contribution in [0.5, 0.6) is 0 Å². The van der Waals surface area contributed by atoms with Gasteiger partial charge in [-0.15, -0.1) is 12.4 Å². The molecule has 1 aromatic carbocycles. The van der Waals surface area contributed by atoms with E-state index >= 15 is 0 Å². The molecule has 0 radical (unpaired) electrons. The molecular formula is C18H29ClN2O. The first kappa shape index (κ1) is 19.0. The van der Waals surface area contributed by atoms with Crippen LogP contribution in [-0.4, -0.2) is 18.0 Å². The smallest absolute Gasteiger partial charge is 0.239 e. The minimum atomic E-state index is -0.759. The molecule has 1 atom stereocenters. The molecule has 124 valence electrons. The third-order valence-electron chi connectivity index (χ3n) is 4.82. The van der Waals surface area contributed by atoms with E-state index in [4.69, 9.17) is 5.73 Å². The van der Waals surface area contributed by atoms with E-state index in [2.05, 4.69) is 36.5 Å². The minimum Gasteiger partial charge on any atom is -0.354 e. The number of nitrogens with one attached hydrogen (secondary N) is 1. The molecule has 1 saturated carbocycles. The van der Waals surface area contributed by atoms with E-state index in [1.54, 1.807) is 0 Å². The molecular weight excluding hydrogens is 296 g/mol. The lowest BCUT2D eigenvalue weighted by atomic mass is 9.78. The second-order valence-electron chi connectivity index (χ2n) is 6.70. The Kier molecular flexibility index (Phi) is 6.89. The van der Waals surface area contributed by atoms with Crippen molar-refractivity contribution in [3.63, 3.8) is 0 Å². The zero-order valence-corrected chi connectivity index (χ0v) is 14.5. The summed E-state index contributed by atoms with van der Waals surface area (Å²) in [7, 11) is 0. The van der Waals surface area contributed by atoms with Crippen molar-refractivity contribution < 1.29 is 4.79 Å². The summed E-state index contributed by atoms with van der Waals surface area (Å²) in [4.78, 5) is 12.3. The van der Waals surface area contributed by atoms with Crippen molar-refractivity contribution in [2.24, 2.45) is 5.73 Å². The summed E-state index contributed by atoms with van der Waals surface area (Å²) in [6, 6.07) is 10.6. The third-order valence-corrected chi connectivity index (χ3v) is 4.82. The first-order valence-corrected chi connectivity index (χ1v) is 8.13. The van der Waals surface area contributed by atoms with Gasteiger partial charge in [0.25, 0.3) is 0 Å². The fraction of sp³-hybridized carbons (Fsp3) is 0.611. The van der Waals surface area contributed by atoms with E-state index < -0.39 is 5.54 Å². The van der Waals surface area contributed by atoms with E-state index in [-0.39, 0.29) is 23.7 Å². The molecule has 0 bridgehead atoms. The molecule has 3 nitrogen and oxygen atoms in total. The van der Waals surface area contributed by atoms with E-state index in [9.17, 15) is 4.79 Å². The van der Waals surface area contributed by atoms with Crippen LogP contribution >= 0.6 is 12.4 Å². The molecule has 0 spiro atoms. The predicted octanol–water partition coefficient (Wildman–Crippen LogP) is 3.55. The summed E-state index contributed by atoms with van der Waals surface area (Å²) < 4.78 is 0. The second kappa shape index (κ2) is 7.98. The Morgan fingerprint density at radius 3 is 2.41 bits per heavy atom. The van der Waals surface area contributed by atoms with Gasteiger partial charge in [-0.1, -0.05) is 56.5 Å². The van der Waals surface area contributed by atoms with Crippen LogP contribution in [0.25, 0.3) is 0 Å². The topological polar surface area (TPSA) is 55.1 Å². The normalized spacial score (nSPS) is 19.0. The first-order valence-electron chi connectivity index (χ1n) is 8.13. The molecule has 1 aliphatic rings. The Bertz CT molecular complexity index is 467. The van der Waals surface area contributed by atoms with E-state index in [0.717, 1.165) is 25.7 Å². The predicted molar refractivity (Wildman–Crippen MR) is 94.3 cm³/mol. The SMILES string of the molecule is CCCC(C)(N)C(=O)NCC1(c2ccccc2)CCCC1.Cl. The van der Waals surface area contributed by atoms with E-state index in [1.165, 1.54) is 18.4 Å². The fourth-order valence-electron chi connectivity index (χ4n) is 3.50. The van der Waals surface area contributed by atoms with Crippen LogP contribution in [0, 0.1) is 0 Å². The summed E-state index contributed by atoms with van der Waals surface area (Å²) >= 11 is 0. The maximum Gasteiger partial charge on any atom is 0.239 e. The molecule has 0 saturated heterocycles. The maximum atomic E-state index is 12.3. The van der Waals surface area contributed by atoms with Gasteiger partial charge in [-0.05, 0) is 31.7 Å². The number of benzene rings is 1. The van der Waals surface area contributed by atoms with Gasteiger partial charge >= 0.3 is 0 Å². The highest BCUT2D eigenvalue weighted by molar-refractivity contribution is 5.85. The summed E-state index contributed by atoms with van der Waals surface area (Å²) in [5.74, 6) is -0.0217. The summed E-state index contributed by atoms with van der Waals surface area (Å²) in [6.07, 6.45) is 6.40. The second-order valence-corrected chi connectivity index (χ2v) is 6.70. The minimum absolute atomic E-state index is 0. The van der Waals surface area contributed by atoms with Crippen LogP contribution in [-0.2, 0) is 10.2 Å². The Balaban J connectivity index is 0.00000242. The van der Waals surface area contributed by atoms with Crippen molar-refractivity contribution in [3.8, 4) is 0 Å². The van der Waals surface area contributed by atoms with Crippen LogP contribution in [0.4, 0.5) is 0 Å². The van der Waals surface area contributed by atoms with Gasteiger partial charge < -0.3 is 11.1 Å². The van der Waals surface area contributed by atoms with Crippen molar-refractivity contribution in [1.82, 2.24) is 5.32 Å². The lowest BCUT2D eigenvalue weighted by Gasteiger charge is -2.32. The number of halogens is 1. The molecule has 0 aromatic heterocycles. The van der Waals surface area contributed by atoms with Crippen molar-refractivity contribution in [2.45, 2.75) is 63.3 Å². The number of rotatable bonds is 6. The third kappa shape index (κ3) is 4.23. The first-order chi connectivity index (χ1) is 10.0. The Morgan fingerprint density at radius 1 is 1.27 bits per heavy atom. The Hall–Kier alpha value is -1.06. The van der Waals surface area contributed by atoms with Gasteiger partial charge in [0, 0.05) is 12.0 Å². The maximum absolute atomic E-state index is 12.3. The van der Waals surface area contributed by atoms with Crippen LogP contribution in [0.1, 0.15) is 57.9 Å². The van der Waals surface area contributed by atoms with Crippen LogP contribution in [0.15, 0.2) is 30.3 Å². The van der Waals surface area contributed by atoms with Gasteiger partial charge in [0.05, 0.1) is 5.54 Å². The molecule has 3 N–H and O–H groups in total. The number of hydrogen-bond acceptors (Lipinski definition) is 2. The standard InChI is InChI=1S/C18H28N2O.ClH/c1-3-11-17(2,19)16(21)20-14-18(12-7-8-13-18)15-9-5-4-6-10-15;/h4-6,9-10H,3,7-8,11-14,19H2,1-2H3,(H,20,21);1H. The van der Waals surface area contributed by atoms with Gasteiger partial charge in [-0.25, -0.2) is 0 Å². The number of hydrogen-bond donors (Lipinski definition) is 2. The lowest BCUT2D eigenvalue weighted by molar-refractivity contribution is -0.126. The van der Waals surface area contributed by atoms with Crippen LogP contribution in [0.3, 0.4) is 0 Å². The van der Waals surface area contributed by atoms with Crippen molar-refractivity contribution in [2.75, 3.05) is 6.54 Å². The van der Waals surface area contributed by atoms with E-state index in [1.807, 2.05) is 13.0 Å². The molecule has 22 heavy (non-hydrogen) atoms. The number of carbonyl (C=O) groups excluding carboxylic acids is 1. The zero-order valence-electron chi connectivity index (χ0n) is 13.7. The molecule has 1 fully saturated rings. The Labute approximate surface area is 140 Å². The highest BCUT2D eigenvalue weighted by Crippen LogP contribution is 2.40. The summed E-state index contributed by atoms with van der Waals surface area (Å²) in [5.41, 5.74) is 6.81. The molecule has 1 aliphatic carbocycles. The van der Waals surface area contributed by atoms with Crippen molar-refractivity contribution in [3.05, 3.63) is 35.9 Å². The molecule has 0 aliphatic heterocycles. The summed E-state index contributed by atoms with van der Waals surface area (Å²) in [6.45, 7) is 4.59.